The first-order valence-electron chi connectivity index (χ1n) is 6.02. The van der Waals surface area contributed by atoms with Gasteiger partial charge in [0.1, 0.15) is 11.5 Å². The van der Waals surface area contributed by atoms with E-state index >= 15 is 0 Å². The normalized spacial score (nSPS) is 12.2. The van der Waals surface area contributed by atoms with Gasteiger partial charge in [-0.25, -0.2) is 0 Å². The maximum absolute atomic E-state index is 6.23. The summed E-state index contributed by atoms with van der Waals surface area (Å²) in [6, 6.07) is 13.5. The Kier molecular flexibility index (Phi) is 4.86. The van der Waals surface area contributed by atoms with Gasteiger partial charge in [-0.1, -0.05) is 29.8 Å². The first-order chi connectivity index (χ1) is 9.06. The van der Waals surface area contributed by atoms with E-state index in [0.717, 1.165) is 22.2 Å². The van der Waals surface area contributed by atoms with E-state index in [0.29, 0.717) is 10.8 Å². The van der Waals surface area contributed by atoms with E-state index in [9.17, 15) is 0 Å². The zero-order valence-corrected chi connectivity index (χ0v) is 12.9. The molecule has 0 heterocycles. The summed E-state index contributed by atoms with van der Waals surface area (Å²) in [5.41, 5.74) is 6.89. The molecule has 0 amide bonds. The quantitative estimate of drug-likeness (QED) is 0.869. The van der Waals surface area contributed by atoms with E-state index in [1.54, 1.807) is 0 Å². The summed E-state index contributed by atoms with van der Waals surface area (Å²) in [6.07, 6.45) is 0.801. The summed E-state index contributed by atoms with van der Waals surface area (Å²) in [5, 5.41) is 0.592. The molecule has 0 fully saturated rings. The molecule has 0 saturated carbocycles. The second-order valence-corrected chi connectivity index (χ2v) is 5.74. The standard InChI is InChI=1S/C15H15BrClNO/c1-10(18)8-11-6-7-15(13(17)9-11)19-14-5-3-2-4-12(14)16/h2-7,9-10H,8,18H2,1H3. The molecule has 0 aliphatic heterocycles. The Hall–Kier alpha value is -1.03. The second-order valence-electron chi connectivity index (χ2n) is 4.48. The van der Waals surface area contributed by atoms with Gasteiger partial charge in [0.05, 0.1) is 9.50 Å². The molecule has 0 radical (unpaired) electrons. The fourth-order valence-corrected chi connectivity index (χ4v) is 2.38. The second kappa shape index (κ2) is 6.42. The van der Waals surface area contributed by atoms with Gasteiger partial charge in [-0.3, -0.25) is 0 Å². The smallest absolute Gasteiger partial charge is 0.146 e. The van der Waals surface area contributed by atoms with Gasteiger partial charge in [0.2, 0.25) is 0 Å². The lowest BCUT2D eigenvalue weighted by Gasteiger charge is -2.11. The fourth-order valence-electron chi connectivity index (χ4n) is 1.77. The Morgan fingerprint density at radius 1 is 1.21 bits per heavy atom. The minimum Gasteiger partial charge on any atom is -0.455 e. The van der Waals surface area contributed by atoms with Crippen molar-refractivity contribution in [3.05, 3.63) is 57.5 Å². The van der Waals surface area contributed by atoms with Crippen LogP contribution in [0.2, 0.25) is 5.02 Å². The maximum atomic E-state index is 6.23. The lowest BCUT2D eigenvalue weighted by molar-refractivity contribution is 0.479. The number of para-hydroxylation sites is 1. The van der Waals surface area contributed by atoms with Crippen LogP contribution in [0.4, 0.5) is 0 Å². The number of hydrogen-bond donors (Lipinski definition) is 1. The monoisotopic (exact) mass is 339 g/mol. The predicted molar refractivity (Wildman–Crippen MR) is 83.0 cm³/mol. The van der Waals surface area contributed by atoms with Crippen LogP contribution in [0.3, 0.4) is 0 Å². The van der Waals surface area contributed by atoms with E-state index in [1.807, 2.05) is 49.4 Å². The van der Waals surface area contributed by atoms with Gasteiger partial charge >= 0.3 is 0 Å². The van der Waals surface area contributed by atoms with E-state index in [4.69, 9.17) is 22.1 Å². The largest absolute Gasteiger partial charge is 0.455 e. The molecular formula is C15H15BrClNO. The third-order valence-electron chi connectivity index (χ3n) is 2.61. The lowest BCUT2D eigenvalue weighted by Crippen LogP contribution is -2.17. The van der Waals surface area contributed by atoms with Crippen LogP contribution in [0, 0.1) is 0 Å². The molecule has 1 unspecified atom stereocenters. The van der Waals surface area contributed by atoms with Gasteiger partial charge < -0.3 is 10.5 Å². The van der Waals surface area contributed by atoms with Crippen LogP contribution in [-0.4, -0.2) is 6.04 Å². The lowest BCUT2D eigenvalue weighted by atomic mass is 10.1. The zero-order valence-electron chi connectivity index (χ0n) is 10.6. The minimum absolute atomic E-state index is 0.117. The summed E-state index contributed by atoms with van der Waals surface area (Å²) in [5.74, 6) is 1.38. The Bertz CT molecular complexity index is 572. The molecule has 0 spiro atoms. The average Bonchev–Trinajstić information content (AvgIpc) is 2.34. The summed E-state index contributed by atoms with van der Waals surface area (Å²) in [6.45, 7) is 1.97. The number of nitrogens with two attached hydrogens (primary N) is 1. The van der Waals surface area contributed by atoms with Crippen molar-refractivity contribution in [3.63, 3.8) is 0 Å². The summed E-state index contributed by atoms with van der Waals surface area (Å²) in [4.78, 5) is 0. The van der Waals surface area contributed by atoms with Crippen molar-refractivity contribution < 1.29 is 4.74 Å². The topological polar surface area (TPSA) is 35.2 Å². The number of halogens is 2. The van der Waals surface area contributed by atoms with Crippen LogP contribution in [0.25, 0.3) is 0 Å². The van der Waals surface area contributed by atoms with Gasteiger partial charge in [0.15, 0.2) is 0 Å². The van der Waals surface area contributed by atoms with Crippen LogP contribution >= 0.6 is 27.5 Å². The third-order valence-corrected chi connectivity index (χ3v) is 3.56. The Morgan fingerprint density at radius 3 is 2.58 bits per heavy atom. The summed E-state index contributed by atoms with van der Waals surface area (Å²) < 4.78 is 6.68. The van der Waals surface area contributed by atoms with Gasteiger partial charge in [-0.2, -0.15) is 0 Å². The van der Waals surface area contributed by atoms with Gasteiger partial charge in [-0.05, 0) is 59.1 Å². The minimum atomic E-state index is 0.117. The van der Waals surface area contributed by atoms with Crippen LogP contribution < -0.4 is 10.5 Å². The highest BCUT2D eigenvalue weighted by molar-refractivity contribution is 9.10. The Morgan fingerprint density at radius 2 is 1.95 bits per heavy atom. The Balaban J connectivity index is 2.20. The number of ether oxygens (including phenoxy) is 1. The van der Waals surface area contributed by atoms with E-state index in [-0.39, 0.29) is 6.04 Å². The number of hydrogen-bond acceptors (Lipinski definition) is 2. The molecule has 0 aliphatic rings. The average molecular weight is 341 g/mol. The maximum Gasteiger partial charge on any atom is 0.146 e. The van der Waals surface area contributed by atoms with Crippen LogP contribution in [-0.2, 0) is 6.42 Å². The molecule has 2 N–H and O–H groups in total. The molecule has 2 nitrogen and oxygen atoms in total. The molecule has 2 aromatic carbocycles. The molecule has 2 aromatic rings. The highest BCUT2D eigenvalue weighted by Gasteiger charge is 2.07. The summed E-state index contributed by atoms with van der Waals surface area (Å²) in [7, 11) is 0. The van der Waals surface area contributed by atoms with E-state index in [1.165, 1.54) is 0 Å². The molecule has 19 heavy (non-hydrogen) atoms. The first-order valence-corrected chi connectivity index (χ1v) is 7.20. The van der Waals surface area contributed by atoms with Crippen molar-refractivity contribution in [2.24, 2.45) is 5.73 Å². The molecule has 0 aromatic heterocycles. The van der Waals surface area contributed by atoms with Crippen LogP contribution in [0.5, 0.6) is 11.5 Å². The molecule has 100 valence electrons. The van der Waals surface area contributed by atoms with Crippen molar-refractivity contribution in [1.29, 1.82) is 0 Å². The first kappa shape index (κ1) is 14.4. The van der Waals surface area contributed by atoms with Crippen molar-refractivity contribution in [3.8, 4) is 11.5 Å². The number of rotatable bonds is 4. The van der Waals surface area contributed by atoms with Crippen LogP contribution in [0.1, 0.15) is 12.5 Å². The van der Waals surface area contributed by atoms with Gasteiger partial charge in [0.25, 0.3) is 0 Å². The molecule has 0 bridgehead atoms. The number of benzene rings is 2. The third kappa shape index (κ3) is 3.96. The van der Waals surface area contributed by atoms with Crippen molar-refractivity contribution in [2.45, 2.75) is 19.4 Å². The Labute approximate surface area is 126 Å². The molecular weight excluding hydrogens is 326 g/mol. The van der Waals surface area contributed by atoms with Crippen molar-refractivity contribution in [1.82, 2.24) is 0 Å². The molecule has 0 aliphatic carbocycles. The summed E-state index contributed by atoms with van der Waals surface area (Å²) >= 11 is 9.67. The van der Waals surface area contributed by atoms with Crippen LogP contribution in [0.15, 0.2) is 46.9 Å². The van der Waals surface area contributed by atoms with E-state index < -0.39 is 0 Å². The SMILES string of the molecule is CC(N)Cc1ccc(Oc2ccccc2Br)c(Cl)c1. The molecule has 0 saturated heterocycles. The van der Waals surface area contributed by atoms with E-state index in [2.05, 4.69) is 15.9 Å². The molecule has 2 rings (SSSR count). The highest BCUT2D eigenvalue weighted by atomic mass is 79.9. The van der Waals surface area contributed by atoms with Crippen molar-refractivity contribution in [2.75, 3.05) is 0 Å². The van der Waals surface area contributed by atoms with Gasteiger partial charge in [0, 0.05) is 6.04 Å². The predicted octanol–water partition coefficient (Wildman–Crippen LogP) is 4.78. The molecule has 4 heteroatoms. The zero-order chi connectivity index (χ0) is 13.8. The molecule has 1 atom stereocenters. The fraction of sp³-hybridized carbons (Fsp3) is 0.200. The highest BCUT2D eigenvalue weighted by Crippen LogP contribution is 2.34. The van der Waals surface area contributed by atoms with Gasteiger partial charge in [-0.15, -0.1) is 0 Å². The van der Waals surface area contributed by atoms with Crippen molar-refractivity contribution >= 4 is 27.5 Å².